The highest BCUT2D eigenvalue weighted by Crippen LogP contribution is 2.15. The van der Waals surface area contributed by atoms with Gasteiger partial charge in [0.15, 0.2) is 9.84 Å². The molecule has 1 unspecified atom stereocenters. The number of rotatable bonds is 3. The molecule has 3 nitrogen and oxygen atoms in total. The normalized spacial score (nSPS) is 21.7. The van der Waals surface area contributed by atoms with Gasteiger partial charge in [-0.15, -0.1) is 0 Å². The fourth-order valence-corrected chi connectivity index (χ4v) is 3.47. The molecule has 4 heteroatoms. The fourth-order valence-electron chi connectivity index (χ4n) is 1.89. The number of hydrogen-bond donors (Lipinski definition) is 1. The van der Waals surface area contributed by atoms with Crippen molar-refractivity contribution >= 4 is 9.84 Å². The van der Waals surface area contributed by atoms with Crippen molar-refractivity contribution in [3.05, 3.63) is 30.3 Å². The fraction of sp³-hybridized carbons (Fsp3) is 0.455. The van der Waals surface area contributed by atoms with E-state index in [0.29, 0.717) is 4.90 Å². The minimum Gasteiger partial charge on any atom is -0.313 e. The maximum absolute atomic E-state index is 11.9. The maximum Gasteiger partial charge on any atom is 0.179 e. The first-order valence-electron chi connectivity index (χ1n) is 5.20. The third-order valence-electron chi connectivity index (χ3n) is 2.69. The summed E-state index contributed by atoms with van der Waals surface area (Å²) in [5, 5.41) is 3.20. The Labute approximate surface area is 90.4 Å². The summed E-state index contributed by atoms with van der Waals surface area (Å²) in [6.45, 7) is 0.939. The molecule has 15 heavy (non-hydrogen) atoms. The second-order valence-electron chi connectivity index (χ2n) is 3.89. The second kappa shape index (κ2) is 4.33. The van der Waals surface area contributed by atoms with Gasteiger partial charge >= 0.3 is 0 Å². The van der Waals surface area contributed by atoms with Crippen molar-refractivity contribution in [2.24, 2.45) is 0 Å². The number of nitrogens with one attached hydrogen (secondary N) is 1. The molecule has 2 rings (SSSR count). The summed E-state index contributed by atoms with van der Waals surface area (Å²) in [7, 11) is -3.11. The van der Waals surface area contributed by atoms with E-state index in [-0.39, 0.29) is 11.8 Å². The first kappa shape index (κ1) is 10.6. The molecule has 82 valence electrons. The topological polar surface area (TPSA) is 46.2 Å². The molecule has 0 aliphatic carbocycles. The van der Waals surface area contributed by atoms with E-state index < -0.39 is 9.84 Å². The van der Waals surface area contributed by atoms with Gasteiger partial charge in [-0.25, -0.2) is 8.42 Å². The van der Waals surface area contributed by atoms with Gasteiger partial charge in [0.25, 0.3) is 0 Å². The van der Waals surface area contributed by atoms with Crippen LogP contribution in [-0.2, 0) is 9.84 Å². The average molecular weight is 225 g/mol. The molecule has 1 saturated heterocycles. The maximum atomic E-state index is 11.9. The van der Waals surface area contributed by atoms with E-state index in [1.54, 1.807) is 24.3 Å². The molecule has 0 radical (unpaired) electrons. The molecule has 1 aromatic rings. The van der Waals surface area contributed by atoms with Gasteiger partial charge in [0.2, 0.25) is 0 Å². The Morgan fingerprint density at radius 2 is 2.00 bits per heavy atom. The molecule has 1 atom stereocenters. The predicted octanol–water partition coefficient (Wildman–Crippen LogP) is 1.21. The van der Waals surface area contributed by atoms with Crippen LogP contribution >= 0.6 is 0 Å². The Morgan fingerprint density at radius 1 is 1.27 bits per heavy atom. The monoisotopic (exact) mass is 225 g/mol. The Balaban J connectivity index is 2.13. The van der Waals surface area contributed by atoms with Gasteiger partial charge < -0.3 is 5.32 Å². The van der Waals surface area contributed by atoms with Crippen LogP contribution in [0, 0.1) is 0 Å². The van der Waals surface area contributed by atoms with E-state index in [0.717, 1.165) is 19.4 Å². The Hall–Kier alpha value is -0.870. The van der Waals surface area contributed by atoms with Crippen LogP contribution in [0.15, 0.2) is 35.2 Å². The van der Waals surface area contributed by atoms with Crippen LogP contribution < -0.4 is 5.32 Å². The third-order valence-corrected chi connectivity index (χ3v) is 4.52. The van der Waals surface area contributed by atoms with Crippen LogP contribution in [0.25, 0.3) is 0 Å². The van der Waals surface area contributed by atoms with Gasteiger partial charge in [0.05, 0.1) is 10.6 Å². The lowest BCUT2D eigenvalue weighted by molar-refractivity contribution is 0.577. The first-order valence-corrected chi connectivity index (χ1v) is 6.85. The molecule has 0 spiro atoms. The van der Waals surface area contributed by atoms with Crippen molar-refractivity contribution in [1.82, 2.24) is 5.32 Å². The van der Waals surface area contributed by atoms with Crippen LogP contribution in [0.5, 0.6) is 0 Å². The molecule has 0 bridgehead atoms. The predicted molar refractivity (Wildman–Crippen MR) is 59.5 cm³/mol. The molecule has 1 aliphatic heterocycles. The second-order valence-corrected chi connectivity index (χ2v) is 5.92. The SMILES string of the molecule is O=S(=O)(CC1CCCN1)c1ccccc1. The van der Waals surface area contributed by atoms with Gasteiger partial charge in [-0.3, -0.25) is 0 Å². The molecule has 0 saturated carbocycles. The quantitative estimate of drug-likeness (QED) is 0.841. The van der Waals surface area contributed by atoms with E-state index in [9.17, 15) is 8.42 Å². The Morgan fingerprint density at radius 3 is 2.60 bits per heavy atom. The van der Waals surface area contributed by atoms with Crippen LogP contribution in [0.4, 0.5) is 0 Å². The van der Waals surface area contributed by atoms with Crippen molar-refractivity contribution in [3.63, 3.8) is 0 Å². The molecular formula is C11H15NO2S. The lowest BCUT2D eigenvalue weighted by Gasteiger charge is -2.10. The summed E-state index contributed by atoms with van der Waals surface area (Å²) in [6.07, 6.45) is 2.04. The molecule has 1 heterocycles. The molecule has 0 amide bonds. The summed E-state index contributed by atoms with van der Waals surface area (Å²) < 4.78 is 23.9. The summed E-state index contributed by atoms with van der Waals surface area (Å²) in [5.74, 6) is 0.219. The van der Waals surface area contributed by atoms with Gasteiger partial charge in [-0.05, 0) is 31.5 Å². The highest BCUT2D eigenvalue weighted by molar-refractivity contribution is 7.91. The van der Waals surface area contributed by atoms with E-state index in [4.69, 9.17) is 0 Å². The Bertz CT molecular complexity index is 407. The van der Waals surface area contributed by atoms with E-state index in [1.807, 2.05) is 6.07 Å². The standard InChI is InChI=1S/C11H15NO2S/c13-15(14,9-10-5-4-8-12-10)11-6-2-1-3-7-11/h1-3,6-7,10,12H,4-5,8-9H2. The van der Waals surface area contributed by atoms with Crippen LogP contribution in [-0.4, -0.2) is 26.8 Å². The highest BCUT2D eigenvalue weighted by Gasteiger charge is 2.23. The van der Waals surface area contributed by atoms with Crippen molar-refractivity contribution in [3.8, 4) is 0 Å². The van der Waals surface area contributed by atoms with Crippen LogP contribution in [0.2, 0.25) is 0 Å². The number of benzene rings is 1. The first-order chi connectivity index (χ1) is 7.18. The van der Waals surface area contributed by atoms with E-state index in [1.165, 1.54) is 0 Å². The molecular weight excluding hydrogens is 210 g/mol. The minimum atomic E-state index is -3.11. The minimum absolute atomic E-state index is 0.134. The van der Waals surface area contributed by atoms with E-state index in [2.05, 4.69) is 5.32 Å². The van der Waals surface area contributed by atoms with Crippen LogP contribution in [0.3, 0.4) is 0 Å². The Kier molecular flexibility index (Phi) is 3.07. The van der Waals surface area contributed by atoms with Gasteiger partial charge in [-0.1, -0.05) is 18.2 Å². The molecule has 1 aliphatic rings. The largest absolute Gasteiger partial charge is 0.313 e. The molecule has 1 aromatic carbocycles. The zero-order valence-electron chi connectivity index (χ0n) is 8.52. The van der Waals surface area contributed by atoms with Crippen molar-refractivity contribution in [2.45, 2.75) is 23.8 Å². The van der Waals surface area contributed by atoms with Crippen molar-refractivity contribution in [2.75, 3.05) is 12.3 Å². The zero-order chi connectivity index (χ0) is 10.7. The van der Waals surface area contributed by atoms with Gasteiger partial charge in [0.1, 0.15) is 0 Å². The molecule has 1 N–H and O–H groups in total. The van der Waals surface area contributed by atoms with Crippen molar-refractivity contribution < 1.29 is 8.42 Å². The lowest BCUT2D eigenvalue weighted by atomic mass is 10.3. The zero-order valence-corrected chi connectivity index (χ0v) is 9.33. The summed E-state index contributed by atoms with van der Waals surface area (Å²) in [4.78, 5) is 0.429. The van der Waals surface area contributed by atoms with Gasteiger partial charge in [0, 0.05) is 6.04 Å². The van der Waals surface area contributed by atoms with Crippen molar-refractivity contribution in [1.29, 1.82) is 0 Å². The summed E-state index contributed by atoms with van der Waals surface area (Å²) in [6, 6.07) is 8.79. The van der Waals surface area contributed by atoms with E-state index >= 15 is 0 Å². The third kappa shape index (κ3) is 2.58. The average Bonchev–Trinajstić information content (AvgIpc) is 2.71. The summed E-state index contributed by atoms with van der Waals surface area (Å²) >= 11 is 0. The summed E-state index contributed by atoms with van der Waals surface area (Å²) in [5.41, 5.74) is 0. The molecule has 1 fully saturated rings. The lowest BCUT2D eigenvalue weighted by Crippen LogP contribution is -2.29. The van der Waals surface area contributed by atoms with Crippen LogP contribution in [0.1, 0.15) is 12.8 Å². The highest BCUT2D eigenvalue weighted by atomic mass is 32.2. The molecule has 0 aromatic heterocycles. The van der Waals surface area contributed by atoms with Gasteiger partial charge in [-0.2, -0.15) is 0 Å². The smallest absolute Gasteiger partial charge is 0.179 e. The number of sulfone groups is 1. The number of hydrogen-bond acceptors (Lipinski definition) is 3.